The monoisotopic (exact) mass is 481 g/mol. The van der Waals surface area contributed by atoms with E-state index in [1.54, 1.807) is 39.5 Å². The molecular weight excluding hydrogens is 458 g/mol. The minimum atomic E-state index is -0.410. The molecule has 0 aliphatic carbocycles. The SMILES string of the molecule is CCOC(=O)COc1ccc2sc(CNc3nncc(-c4c(OC)cccc4OC)n3)nc2c1. The molecule has 10 nitrogen and oxygen atoms in total. The van der Waals surface area contributed by atoms with E-state index in [2.05, 4.69) is 25.5 Å². The molecule has 1 N–H and O–H groups in total. The summed E-state index contributed by atoms with van der Waals surface area (Å²) in [5, 5.41) is 12.1. The van der Waals surface area contributed by atoms with Crippen molar-refractivity contribution in [3.8, 4) is 28.5 Å². The summed E-state index contributed by atoms with van der Waals surface area (Å²) < 4.78 is 22.3. The lowest BCUT2D eigenvalue weighted by Crippen LogP contribution is -2.14. The molecule has 0 bridgehead atoms. The molecule has 0 saturated heterocycles. The first-order valence-electron chi connectivity index (χ1n) is 10.4. The van der Waals surface area contributed by atoms with E-state index in [1.807, 2.05) is 24.3 Å². The van der Waals surface area contributed by atoms with Crippen LogP contribution in [0.2, 0.25) is 0 Å². The third-order valence-corrected chi connectivity index (χ3v) is 5.74. The van der Waals surface area contributed by atoms with Crippen LogP contribution in [0.1, 0.15) is 11.9 Å². The summed E-state index contributed by atoms with van der Waals surface area (Å²) >= 11 is 1.53. The average Bonchev–Trinajstić information content (AvgIpc) is 3.28. The van der Waals surface area contributed by atoms with Gasteiger partial charge in [0.2, 0.25) is 5.95 Å². The number of nitrogens with zero attached hydrogens (tertiary/aromatic N) is 4. The second kappa shape index (κ2) is 10.8. The van der Waals surface area contributed by atoms with Gasteiger partial charge in [0.15, 0.2) is 6.61 Å². The van der Waals surface area contributed by atoms with Crippen molar-refractivity contribution in [3.05, 3.63) is 47.6 Å². The van der Waals surface area contributed by atoms with Gasteiger partial charge in [-0.2, -0.15) is 5.10 Å². The maximum atomic E-state index is 11.5. The van der Waals surface area contributed by atoms with E-state index < -0.39 is 5.97 Å². The second-order valence-electron chi connectivity index (χ2n) is 6.89. The molecule has 0 amide bonds. The number of thiazole rings is 1. The number of fused-ring (bicyclic) bond motifs is 1. The Morgan fingerprint density at radius 3 is 2.62 bits per heavy atom. The molecule has 2 heterocycles. The van der Waals surface area contributed by atoms with Crippen LogP contribution >= 0.6 is 11.3 Å². The van der Waals surface area contributed by atoms with Crippen molar-refractivity contribution in [2.24, 2.45) is 0 Å². The van der Waals surface area contributed by atoms with Crippen molar-refractivity contribution in [3.63, 3.8) is 0 Å². The summed E-state index contributed by atoms with van der Waals surface area (Å²) in [7, 11) is 3.18. The van der Waals surface area contributed by atoms with Crippen molar-refractivity contribution >= 4 is 33.5 Å². The van der Waals surface area contributed by atoms with Crippen LogP contribution in [0, 0.1) is 0 Å². The van der Waals surface area contributed by atoms with Crippen LogP contribution in [0.15, 0.2) is 42.6 Å². The fraction of sp³-hybridized carbons (Fsp3) is 0.261. The molecule has 0 fully saturated rings. The Hall–Kier alpha value is -3.99. The Labute approximate surface area is 199 Å². The molecule has 0 unspecified atom stereocenters. The van der Waals surface area contributed by atoms with E-state index in [0.29, 0.717) is 47.6 Å². The first-order chi connectivity index (χ1) is 16.6. The minimum absolute atomic E-state index is 0.143. The fourth-order valence-electron chi connectivity index (χ4n) is 3.22. The number of benzene rings is 2. The zero-order valence-corrected chi connectivity index (χ0v) is 19.7. The molecule has 0 saturated carbocycles. The Kier molecular flexibility index (Phi) is 7.33. The van der Waals surface area contributed by atoms with Crippen molar-refractivity contribution < 1.29 is 23.7 Å². The van der Waals surface area contributed by atoms with Gasteiger partial charge in [-0.15, -0.1) is 16.4 Å². The molecule has 4 rings (SSSR count). The Morgan fingerprint density at radius 2 is 1.88 bits per heavy atom. The van der Waals surface area contributed by atoms with Gasteiger partial charge >= 0.3 is 5.97 Å². The van der Waals surface area contributed by atoms with Crippen LogP contribution < -0.4 is 19.5 Å². The number of carbonyl (C=O) groups is 1. The Bertz CT molecular complexity index is 1270. The van der Waals surface area contributed by atoms with Crippen LogP contribution in [0.25, 0.3) is 21.5 Å². The summed E-state index contributed by atoms with van der Waals surface area (Å²) in [4.78, 5) is 20.7. The molecular formula is C23H23N5O5S. The van der Waals surface area contributed by atoms with Crippen LogP contribution in [-0.2, 0) is 16.1 Å². The van der Waals surface area contributed by atoms with E-state index in [0.717, 1.165) is 15.2 Å². The van der Waals surface area contributed by atoms with E-state index in [1.165, 1.54) is 11.3 Å². The van der Waals surface area contributed by atoms with Crippen molar-refractivity contribution in [1.29, 1.82) is 0 Å². The topological polar surface area (TPSA) is 118 Å². The number of aromatic nitrogens is 4. The minimum Gasteiger partial charge on any atom is -0.496 e. The molecule has 0 aliphatic rings. The van der Waals surface area contributed by atoms with E-state index in [9.17, 15) is 4.79 Å². The third kappa shape index (κ3) is 5.31. The number of esters is 1. The summed E-state index contributed by atoms with van der Waals surface area (Å²) in [5.74, 6) is 1.74. The van der Waals surface area contributed by atoms with Crippen LogP contribution in [0.5, 0.6) is 17.2 Å². The molecule has 4 aromatic rings. The number of hydrogen-bond donors (Lipinski definition) is 1. The summed E-state index contributed by atoms with van der Waals surface area (Å²) in [5.41, 5.74) is 2.04. The second-order valence-corrected chi connectivity index (χ2v) is 8.00. The number of methoxy groups -OCH3 is 2. The van der Waals surface area contributed by atoms with Gasteiger partial charge in [0.1, 0.15) is 28.0 Å². The normalized spacial score (nSPS) is 10.7. The highest BCUT2D eigenvalue weighted by molar-refractivity contribution is 7.18. The van der Waals surface area contributed by atoms with Gasteiger partial charge in [-0.05, 0) is 31.2 Å². The number of nitrogens with one attached hydrogen (secondary N) is 1. The van der Waals surface area contributed by atoms with Gasteiger partial charge in [-0.25, -0.2) is 14.8 Å². The number of hydrogen-bond acceptors (Lipinski definition) is 11. The molecule has 0 aliphatic heterocycles. The van der Waals surface area contributed by atoms with Gasteiger partial charge < -0.3 is 24.3 Å². The maximum Gasteiger partial charge on any atom is 0.344 e. The van der Waals surface area contributed by atoms with E-state index >= 15 is 0 Å². The fourth-order valence-corrected chi connectivity index (χ4v) is 4.11. The van der Waals surface area contributed by atoms with E-state index in [-0.39, 0.29) is 6.61 Å². The van der Waals surface area contributed by atoms with Crippen LogP contribution in [0.3, 0.4) is 0 Å². The number of carbonyl (C=O) groups excluding carboxylic acids is 1. The largest absolute Gasteiger partial charge is 0.496 e. The smallest absolute Gasteiger partial charge is 0.344 e. The molecule has 2 aromatic heterocycles. The lowest BCUT2D eigenvalue weighted by molar-refractivity contribution is -0.145. The maximum absolute atomic E-state index is 11.5. The Morgan fingerprint density at radius 1 is 1.09 bits per heavy atom. The quantitative estimate of drug-likeness (QED) is 0.336. The molecule has 34 heavy (non-hydrogen) atoms. The first kappa shape index (κ1) is 23.2. The van der Waals surface area contributed by atoms with Gasteiger partial charge in [-0.1, -0.05) is 6.07 Å². The number of anilines is 1. The standard InChI is InChI=1S/C23H23N5O5S/c1-4-32-21(29)13-33-14-8-9-19-15(10-14)26-20(34-19)12-24-23-27-16(11-25-28-23)22-17(30-2)6-5-7-18(22)31-3/h5-11H,4,12-13H2,1-3H3,(H,24,27,28). The van der Waals surface area contributed by atoms with Gasteiger partial charge in [0, 0.05) is 6.07 Å². The molecule has 176 valence electrons. The van der Waals surface area contributed by atoms with Crippen LogP contribution in [-0.4, -0.2) is 53.6 Å². The predicted molar refractivity (Wildman–Crippen MR) is 127 cm³/mol. The molecule has 0 atom stereocenters. The number of ether oxygens (including phenoxy) is 4. The van der Waals surface area contributed by atoms with Gasteiger partial charge in [0.25, 0.3) is 0 Å². The lowest BCUT2D eigenvalue weighted by atomic mass is 10.1. The van der Waals surface area contributed by atoms with Crippen molar-refractivity contribution in [2.45, 2.75) is 13.5 Å². The predicted octanol–water partition coefficient (Wildman–Crippen LogP) is 3.72. The zero-order valence-electron chi connectivity index (χ0n) is 18.9. The summed E-state index contributed by atoms with van der Waals surface area (Å²) in [6.07, 6.45) is 1.56. The van der Waals surface area contributed by atoms with Gasteiger partial charge in [0.05, 0.1) is 49.3 Å². The molecule has 0 spiro atoms. The summed E-state index contributed by atoms with van der Waals surface area (Å²) in [6.45, 7) is 2.34. The zero-order chi connectivity index (χ0) is 23.9. The highest BCUT2D eigenvalue weighted by Gasteiger charge is 2.15. The average molecular weight is 482 g/mol. The van der Waals surface area contributed by atoms with Gasteiger partial charge in [-0.3, -0.25) is 0 Å². The molecule has 2 aromatic carbocycles. The van der Waals surface area contributed by atoms with E-state index in [4.69, 9.17) is 18.9 Å². The third-order valence-electron chi connectivity index (χ3n) is 4.71. The number of rotatable bonds is 10. The first-order valence-corrected chi connectivity index (χ1v) is 11.3. The molecule has 11 heteroatoms. The van der Waals surface area contributed by atoms with Crippen molar-refractivity contribution in [2.75, 3.05) is 32.8 Å². The van der Waals surface area contributed by atoms with Crippen molar-refractivity contribution in [1.82, 2.24) is 20.2 Å². The summed E-state index contributed by atoms with van der Waals surface area (Å²) in [6, 6.07) is 11.0. The highest BCUT2D eigenvalue weighted by atomic mass is 32.1. The lowest BCUT2D eigenvalue weighted by Gasteiger charge is -2.12. The molecule has 0 radical (unpaired) electrons. The Balaban J connectivity index is 1.47. The van der Waals surface area contributed by atoms with Crippen LogP contribution in [0.4, 0.5) is 5.95 Å². The highest BCUT2D eigenvalue weighted by Crippen LogP contribution is 2.37.